The molecule has 0 aromatic heterocycles. The van der Waals surface area contributed by atoms with Crippen LogP contribution in [0.25, 0.3) is 6.08 Å². The topological polar surface area (TPSA) is 89.0 Å². The predicted octanol–water partition coefficient (Wildman–Crippen LogP) is 4.18. The number of rotatable bonds is 9. The smallest absolute Gasteiger partial charge is 0.336 e. The van der Waals surface area contributed by atoms with Gasteiger partial charge in [0.2, 0.25) is 0 Å². The molecular weight excluding hydrogens is 418 g/mol. The largest absolute Gasteiger partial charge is 0.497 e. The highest BCUT2D eigenvalue weighted by atomic mass is 16.5. The molecule has 33 heavy (non-hydrogen) atoms. The first kappa shape index (κ1) is 23.3. The number of anilines is 1. The van der Waals surface area contributed by atoms with Crippen LogP contribution in [0.15, 0.2) is 84.0 Å². The van der Waals surface area contributed by atoms with E-state index in [1.165, 1.54) is 12.3 Å². The Hall–Kier alpha value is -4.39. The molecule has 3 aromatic carbocycles. The SMILES string of the molecule is COc1ccc(/C=C/C(=O)Oc2cccc(/C=N/NC(=O)CNc3ccccc3C)c2)cc1. The minimum Gasteiger partial charge on any atom is -0.497 e. The van der Waals surface area contributed by atoms with Gasteiger partial charge in [0.1, 0.15) is 11.5 Å². The highest BCUT2D eigenvalue weighted by Crippen LogP contribution is 2.15. The van der Waals surface area contributed by atoms with Gasteiger partial charge >= 0.3 is 5.97 Å². The summed E-state index contributed by atoms with van der Waals surface area (Å²) in [5.74, 6) is 0.332. The van der Waals surface area contributed by atoms with E-state index in [0.29, 0.717) is 11.3 Å². The number of carbonyl (C=O) groups excluding carboxylic acids is 2. The van der Waals surface area contributed by atoms with Gasteiger partial charge in [-0.25, -0.2) is 10.2 Å². The van der Waals surface area contributed by atoms with Crippen LogP contribution >= 0.6 is 0 Å². The Kier molecular flexibility index (Phi) is 8.36. The van der Waals surface area contributed by atoms with Crippen LogP contribution in [-0.2, 0) is 9.59 Å². The van der Waals surface area contributed by atoms with Gasteiger partial charge in [-0.2, -0.15) is 5.10 Å². The second-order valence-corrected chi connectivity index (χ2v) is 7.06. The molecule has 0 bridgehead atoms. The summed E-state index contributed by atoms with van der Waals surface area (Å²) >= 11 is 0. The average molecular weight is 444 g/mol. The summed E-state index contributed by atoms with van der Waals surface area (Å²) in [5, 5.41) is 7.02. The van der Waals surface area contributed by atoms with E-state index in [4.69, 9.17) is 9.47 Å². The van der Waals surface area contributed by atoms with Crippen molar-refractivity contribution in [3.8, 4) is 11.5 Å². The van der Waals surface area contributed by atoms with Gasteiger partial charge in [0.25, 0.3) is 5.91 Å². The van der Waals surface area contributed by atoms with E-state index in [2.05, 4.69) is 15.8 Å². The van der Waals surface area contributed by atoms with Crippen molar-refractivity contribution >= 4 is 29.9 Å². The quantitative estimate of drug-likeness (QED) is 0.170. The minimum atomic E-state index is -0.504. The number of hydrazone groups is 1. The monoisotopic (exact) mass is 443 g/mol. The second-order valence-electron chi connectivity index (χ2n) is 7.06. The molecule has 3 aromatic rings. The molecule has 0 saturated heterocycles. The molecule has 168 valence electrons. The van der Waals surface area contributed by atoms with Crippen LogP contribution in [0.5, 0.6) is 11.5 Å². The average Bonchev–Trinajstić information content (AvgIpc) is 2.83. The van der Waals surface area contributed by atoms with Crippen molar-refractivity contribution in [3.05, 3.63) is 95.6 Å². The fraction of sp³-hybridized carbons (Fsp3) is 0.115. The number of amides is 1. The van der Waals surface area contributed by atoms with Crippen molar-refractivity contribution in [2.75, 3.05) is 19.0 Å². The molecule has 3 rings (SSSR count). The standard InChI is InChI=1S/C26H25N3O4/c1-19-6-3-4-9-24(19)27-18-25(30)29-28-17-21-7-5-8-23(16-21)33-26(31)15-12-20-10-13-22(32-2)14-11-20/h3-17,27H,18H2,1-2H3,(H,29,30)/b15-12+,28-17+. The van der Waals surface area contributed by atoms with E-state index in [9.17, 15) is 9.59 Å². The molecule has 0 fully saturated rings. The molecule has 0 radical (unpaired) electrons. The zero-order valence-corrected chi connectivity index (χ0v) is 18.4. The molecule has 0 atom stereocenters. The third-order valence-electron chi connectivity index (χ3n) is 4.59. The molecule has 0 aliphatic carbocycles. The maximum Gasteiger partial charge on any atom is 0.336 e. The summed E-state index contributed by atoms with van der Waals surface area (Å²) < 4.78 is 10.4. The number of hydrogen-bond donors (Lipinski definition) is 2. The normalized spacial score (nSPS) is 10.8. The number of carbonyl (C=O) groups is 2. The molecule has 7 heteroatoms. The lowest BCUT2D eigenvalue weighted by atomic mass is 10.2. The summed E-state index contributed by atoms with van der Waals surface area (Å²) in [4.78, 5) is 24.1. The maximum absolute atomic E-state index is 12.1. The fourth-order valence-electron chi connectivity index (χ4n) is 2.85. The zero-order valence-electron chi connectivity index (χ0n) is 18.4. The van der Waals surface area contributed by atoms with Crippen molar-refractivity contribution in [2.45, 2.75) is 6.92 Å². The van der Waals surface area contributed by atoms with Crippen LogP contribution < -0.4 is 20.2 Å². The van der Waals surface area contributed by atoms with Gasteiger partial charge in [-0.1, -0.05) is 42.5 Å². The van der Waals surface area contributed by atoms with Crippen molar-refractivity contribution in [3.63, 3.8) is 0 Å². The molecular formula is C26H25N3O4. The summed E-state index contributed by atoms with van der Waals surface area (Å²) in [5.41, 5.74) is 5.94. The Bertz CT molecular complexity index is 1150. The number of nitrogens with one attached hydrogen (secondary N) is 2. The van der Waals surface area contributed by atoms with Gasteiger partial charge in [-0.05, 0) is 60.0 Å². The summed E-state index contributed by atoms with van der Waals surface area (Å²) in [7, 11) is 1.60. The van der Waals surface area contributed by atoms with Crippen LogP contribution in [0.3, 0.4) is 0 Å². The van der Waals surface area contributed by atoms with Crippen LogP contribution in [-0.4, -0.2) is 31.7 Å². The third kappa shape index (κ3) is 7.66. The van der Waals surface area contributed by atoms with E-state index in [-0.39, 0.29) is 12.5 Å². The highest BCUT2D eigenvalue weighted by molar-refractivity contribution is 5.89. The lowest BCUT2D eigenvalue weighted by molar-refractivity contribution is -0.129. The Balaban J connectivity index is 1.48. The second kappa shape index (κ2) is 11.9. The lowest BCUT2D eigenvalue weighted by Gasteiger charge is -2.07. The summed E-state index contributed by atoms with van der Waals surface area (Å²) in [6.07, 6.45) is 4.49. The number of esters is 1. The van der Waals surface area contributed by atoms with Crippen LogP contribution in [0.1, 0.15) is 16.7 Å². The zero-order chi connectivity index (χ0) is 23.5. The predicted molar refractivity (Wildman–Crippen MR) is 130 cm³/mol. The van der Waals surface area contributed by atoms with Gasteiger partial charge in [0.05, 0.1) is 19.9 Å². The molecule has 0 heterocycles. The molecule has 0 aliphatic rings. The van der Waals surface area contributed by atoms with Gasteiger partial charge in [-0.15, -0.1) is 0 Å². The van der Waals surface area contributed by atoms with Crippen LogP contribution in [0.2, 0.25) is 0 Å². The number of nitrogens with zero attached hydrogens (tertiary/aromatic N) is 1. The van der Waals surface area contributed by atoms with E-state index in [1.807, 2.05) is 55.5 Å². The molecule has 1 amide bonds. The molecule has 0 unspecified atom stereocenters. The first-order valence-electron chi connectivity index (χ1n) is 10.3. The van der Waals surface area contributed by atoms with Crippen LogP contribution in [0.4, 0.5) is 5.69 Å². The van der Waals surface area contributed by atoms with Gasteiger partial charge in [0.15, 0.2) is 0 Å². The summed E-state index contributed by atoms with van der Waals surface area (Å²) in [6, 6.07) is 21.9. The van der Waals surface area contributed by atoms with E-state index in [1.54, 1.807) is 37.5 Å². The first-order chi connectivity index (χ1) is 16.0. The highest BCUT2D eigenvalue weighted by Gasteiger charge is 2.03. The molecule has 7 nitrogen and oxygen atoms in total. The number of benzene rings is 3. The Labute approximate surface area is 192 Å². The van der Waals surface area contributed by atoms with Gasteiger partial charge in [-0.3, -0.25) is 4.79 Å². The first-order valence-corrected chi connectivity index (χ1v) is 10.3. The van der Waals surface area contributed by atoms with Crippen molar-refractivity contribution in [1.82, 2.24) is 5.43 Å². The van der Waals surface area contributed by atoms with Crippen molar-refractivity contribution < 1.29 is 19.1 Å². The Morgan fingerprint density at radius 1 is 0.939 bits per heavy atom. The third-order valence-corrected chi connectivity index (χ3v) is 4.59. The fourth-order valence-corrected chi connectivity index (χ4v) is 2.85. The summed E-state index contributed by atoms with van der Waals surface area (Å²) in [6.45, 7) is 2.06. The van der Waals surface area contributed by atoms with Gasteiger partial charge < -0.3 is 14.8 Å². The molecule has 0 saturated carbocycles. The van der Waals surface area contributed by atoms with Crippen LogP contribution in [0, 0.1) is 6.92 Å². The number of ether oxygens (including phenoxy) is 2. The number of methoxy groups -OCH3 is 1. The van der Waals surface area contributed by atoms with E-state index < -0.39 is 5.97 Å². The Morgan fingerprint density at radius 3 is 2.48 bits per heavy atom. The van der Waals surface area contributed by atoms with E-state index >= 15 is 0 Å². The number of aryl methyl sites for hydroxylation is 1. The van der Waals surface area contributed by atoms with Gasteiger partial charge in [0, 0.05) is 11.8 Å². The lowest BCUT2D eigenvalue weighted by Crippen LogP contribution is -2.26. The number of para-hydroxylation sites is 1. The molecule has 2 N–H and O–H groups in total. The molecule has 0 spiro atoms. The van der Waals surface area contributed by atoms with E-state index in [0.717, 1.165) is 22.6 Å². The maximum atomic E-state index is 12.1. The minimum absolute atomic E-state index is 0.0976. The molecule has 0 aliphatic heterocycles. The van der Waals surface area contributed by atoms with Crippen molar-refractivity contribution in [2.24, 2.45) is 5.10 Å². The Morgan fingerprint density at radius 2 is 1.73 bits per heavy atom. The van der Waals surface area contributed by atoms with Crippen molar-refractivity contribution in [1.29, 1.82) is 0 Å². The number of hydrogen-bond acceptors (Lipinski definition) is 6.